The van der Waals surface area contributed by atoms with E-state index in [-0.39, 0.29) is 16.3 Å². The highest BCUT2D eigenvalue weighted by Gasteiger charge is 2.20. The van der Waals surface area contributed by atoms with Gasteiger partial charge < -0.3 is 19.7 Å². The first-order valence-electron chi connectivity index (χ1n) is 4.34. The van der Waals surface area contributed by atoms with Crippen molar-refractivity contribution < 1.29 is 19.7 Å². The second-order valence-electron chi connectivity index (χ2n) is 3.03. The third kappa shape index (κ3) is 2.11. The molecular formula is C10H13ClO4. The first-order valence-corrected chi connectivity index (χ1v) is 4.72. The number of methoxy groups -OCH3 is 2. The van der Waals surface area contributed by atoms with E-state index in [4.69, 9.17) is 21.1 Å². The van der Waals surface area contributed by atoms with Crippen molar-refractivity contribution >= 4 is 11.6 Å². The first kappa shape index (κ1) is 11.9. The quantitative estimate of drug-likeness (QED) is 0.838. The zero-order chi connectivity index (χ0) is 11.6. The third-order valence-electron chi connectivity index (χ3n) is 2.05. The molecule has 0 aliphatic heterocycles. The molecule has 0 aliphatic rings. The van der Waals surface area contributed by atoms with Crippen LogP contribution in [0, 0.1) is 0 Å². The molecule has 2 N–H and O–H groups in total. The molecule has 0 amide bonds. The van der Waals surface area contributed by atoms with Gasteiger partial charge in [0, 0.05) is 11.6 Å². The Morgan fingerprint density at radius 3 is 2.33 bits per heavy atom. The van der Waals surface area contributed by atoms with Gasteiger partial charge in [0.05, 0.1) is 25.3 Å². The van der Waals surface area contributed by atoms with Crippen molar-refractivity contribution in [2.45, 2.75) is 13.0 Å². The standard InChI is InChI=1S/C10H13ClO4/c1-5(12)8-6(13)4-7(14-2)10(15-3)9(8)11/h4-5,12-13H,1-3H3. The average Bonchev–Trinajstić information content (AvgIpc) is 2.16. The Morgan fingerprint density at radius 1 is 1.33 bits per heavy atom. The van der Waals surface area contributed by atoms with Gasteiger partial charge in [0.2, 0.25) is 0 Å². The second-order valence-corrected chi connectivity index (χ2v) is 3.41. The average molecular weight is 233 g/mol. The van der Waals surface area contributed by atoms with Crippen LogP contribution in [0.5, 0.6) is 17.2 Å². The van der Waals surface area contributed by atoms with E-state index in [1.807, 2.05) is 0 Å². The number of benzene rings is 1. The van der Waals surface area contributed by atoms with Crippen molar-refractivity contribution in [3.63, 3.8) is 0 Å². The first-order chi connectivity index (χ1) is 7.02. The lowest BCUT2D eigenvalue weighted by molar-refractivity contribution is 0.194. The van der Waals surface area contributed by atoms with E-state index < -0.39 is 6.10 Å². The minimum Gasteiger partial charge on any atom is -0.507 e. The molecule has 1 rings (SSSR count). The SMILES string of the molecule is COc1cc(O)c(C(C)O)c(Cl)c1OC. The van der Waals surface area contributed by atoms with E-state index in [1.165, 1.54) is 27.2 Å². The molecular weight excluding hydrogens is 220 g/mol. The molecule has 0 fully saturated rings. The minimum atomic E-state index is -0.877. The van der Waals surface area contributed by atoms with E-state index in [0.717, 1.165) is 0 Å². The van der Waals surface area contributed by atoms with Gasteiger partial charge in [0.25, 0.3) is 0 Å². The topological polar surface area (TPSA) is 58.9 Å². The van der Waals surface area contributed by atoms with Crippen LogP contribution < -0.4 is 9.47 Å². The number of rotatable bonds is 3. The summed E-state index contributed by atoms with van der Waals surface area (Å²) in [5.74, 6) is 0.505. The monoisotopic (exact) mass is 232 g/mol. The Hall–Kier alpha value is -1.13. The highest BCUT2D eigenvalue weighted by Crippen LogP contribution is 2.44. The largest absolute Gasteiger partial charge is 0.507 e. The second kappa shape index (κ2) is 4.59. The van der Waals surface area contributed by atoms with Gasteiger partial charge in [-0.25, -0.2) is 0 Å². The van der Waals surface area contributed by atoms with E-state index in [9.17, 15) is 10.2 Å². The van der Waals surface area contributed by atoms with Crippen molar-refractivity contribution in [3.05, 3.63) is 16.7 Å². The maximum absolute atomic E-state index is 9.61. The van der Waals surface area contributed by atoms with Gasteiger partial charge in [-0.1, -0.05) is 11.6 Å². The molecule has 1 atom stereocenters. The number of aliphatic hydroxyl groups is 1. The molecule has 0 aromatic heterocycles. The molecule has 4 nitrogen and oxygen atoms in total. The fourth-order valence-electron chi connectivity index (χ4n) is 1.35. The normalized spacial score (nSPS) is 12.3. The van der Waals surface area contributed by atoms with Crippen molar-refractivity contribution in [3.8, 4) is 17.2 Å². The summed E-state index contributed by atoms with van der Waals surface area (Å²) in [6.45, 7) is 1.51. The predicted octanol–water partition coefficient (Wildman–Crippen LogP) is 2.12. The summed E-state index contributed by atoms with van der Waals surface area (Å²) in [7, 11) is 2.88. The number of hydrogen-bond acceptors (Lipinski definition) is 4. The van der Waals surface area contributed by atoms with Crippen molar-refractivity contribution in [2.24, 2.45) is 0 Å². The summed E-state index contributed by atoms with van der Waals surface area (Å²) < 4.78 is 10.0. The lowest BCUT2D eigenvalue weighted by atomic mass is 10.1. The third-order valence-corrected chi connectivity index (χ3v) is 2.42. The number of phenolic OH excluding ortho intramolecular Hbond substituents is 1. The van der Waals surface area contributed by atoms with Crippen LogP contribution in [-0.2, 0) is 0 Å². The van der Waals surface area contributed by atoms with Crippen LogP contribution in [-0.4, -0.2) is 24.4 Å². The Balaban J connectivity index is 3.44. The van der Waals surface area contributed by atoms with Gasteiger partial charge in [-0.05, 0) is 6.92 Å². The van der Waals surface area contributed by atoms with E-state index in [0.29, 0.717) is 11.5 Å². The molecule has 0 saturated carbocycles. The van der Waals surface area contributed by atoms with E-state index in [1.54, 1.807) is 0 Å². The summed E-state index contributed by atoms with van der Waals surface area (Å²) >= 11 is 5.97. The predicted molar refractivity (Wildman–Crippen MR) is 56.9 cm³/mol. The lowest BCUT2D eigenvalue weighted by Gasteiger charge is -2.15. The highest BCUT2D eigenvalue weighted by molar-refractivity contribution is 6.33. The summed E-state index contributed by atoms with van der Waals surface area (Å²) in [6, 6.07) is 1.35. The Bertz CT molecular complexity index is 363. The Labute approximate surface area is 93.0 Å². The van der Waals surface area contributed by atoms with Crippen LogP contribution >= 0.6 is 11.6 Å². The molecule has 15 heavy (non-hydrogen) atoms. The van der Waals surface area contributed by atoms with Crippen molar-refractivity contribution in [2.75, 3.05) is 14.2 Å². The number of ether oxygens (including phenoxy) is 2. The van der Waals surface area contributed by atoms with Crippen molar-refractivity contribution in [1.82, 2.24) is 0 Å². The zero-order valence-corrected chi connectivity index (χ0v) is 9.50. The van der Waals surface area contributed by atoms with E-state index in [2.05, 4.69) is 0 Å². The molecule has 0 heterocycles. The van der Waals surface area contributed by atoms with Crippen molar-refractivity contribution in [1.29, 1.82) is 0 Å². The van der Waals surface area contributed by atoms with Crippen LogP contribution in [0.2, 0.25) is 5.02 Å². The van der Waals surface area contributed by atoms with Gasteiger partial charge in [-0.3, -0.25) is 0 Å². The molecule has 0 saturated heterocycles. The molecule has 1 unspecified atom stereocenters. The number of aromatic hydroxyl groups is 1. The summed E-state index contributed by atoms with van der Waals surface area (Å²) in [4.78, 5) is 0. The van der Waals surface area contributed by atoms with Gasteiger partial charge in [-0.15, -0.1) is 0 Å². The molecule has 1 aromatic rings. The van der Waals surface area contributed by atoms with Gasteiger partial charge in [-0.2, -0.15) is 0 Å². The fraction of sp³-hybridized carbons (Fsp3) is 0.400. The molecule has 0 bridgehead atoms. The Kier molecular flexibility index (Phi) is 3.66. The number of halogens is 1. The summed E-state index contributed by atoms with van der Waals surface area (Å²) in [6.07, 6.45) is -0.877. The molecule has 0 spiro atoms. The molecule has 5 heteroatoms. The lowest BCUT2D eigenvalue weighted by Crippen LogP contribution is -1.98. The zero-order valence-electron chi connectivity index (χ0n) is 8.74. The molecule has 0 aliphatic carbocycles. The minimum absolute atomic E-state index is 0.118. The van der Waals surface area contributed by atoms with E-state index >= 15 is 0 Å². The van der Waals surface area contributed by atoms with Gasteiger partial charge >= 0.3 is 0 Å². The number of phenols is 1. The van der Waals surface area contributed by atoms with Crippen LogP contribution in [0.4, 0.5) is 0 Å². The highest BCUT2D eigenvalue weighted by atomic mass is 35.5. The van der Waals surface area contributed by atoms with Crippen LogP contribution in [0.15, 0.2) is 6.07 Å². The Morgan fingerprint density at radius 2 is 1.93 bits per heavy atom. The molecule has 0 radical (unpaired) electrons. The smallest absolute Gasteiger partial charge is 0.180 e. The summed E-state index contributed by atoms with van der Waals surface area (Å²) in [5, 5.41) is 19.2. The van der Waals surface area contributed by atoms with Crippen LogP contribution in [0.25, 0.3) is 0 Å². The maximum Gasteiger partial charge on any atom is 0.180 e. The van der Waals surface area contributed by atoms with Crippen LogP contribution in [0.1, 0.15) is 18.6 Å². The maximum atomic E-state index is 9.61. The number of hydrogen-bond donors (Lipinski definition) is 2. The van der Waals surface area contributed by atoms with Gasteiger partial charge in [0.1, 0.15) is 5.75 Å². The van der Waals surface area contributed by atoms with Gasteiger partial charge in [0.15, 0.2) is 11.5 Å². The van der Waals surface area contributed by atoms with Crippen LogP contribution in [0.3, 0.4) is 0 Å². The molecule has 1 aromatic carbocycles. The number of aliphatic hydroxyl groups excluding tert-OH is 1. The summed E-state index contributed by atoms with van der Waals surface area (Å²) in [5.41, 5.74) is 0.231. The fourth-order valence-corrected chi connectivity index (χ4v) is 1.77. The molecule has 84 valence electrons.